The number of nitrogens with zero attached hydrogens (tertiary/aromatic N) is 2. The average molecular weight is 296 g/mol. The van der Waals surface area contributed by atoms with Crippen LogP contribution in [0.2, 0.25) is 4.47 Å². The highest BCUT2D eigenvalue weighted by Gasteiger charge is 2.09. The SMILES string of the molecule is NCCCN(Cc1ccccc1)Cc1cnc(Cl)s1. The summed E-state index contributed by atoms with van der Waals surface area (Å²) in [5.41, 5.74) is 6.93. The number of benzene rings is 1. The normalized spacial score (nSPS) is 11.1. The van der Waals surface area contributed by atoms with Crippen LogP contribution >= 0.6 is 22.9 Å². The van der Waals surface area contributed by atoms with Gasteiger partial charge in [-0.15, -0.1) is 11.3 Å². The Morgan fingerprint density at radius 2 is 2.00 bits per heavy atom. The lowest BCUT2D eigenvalue weighted by molar-refractivity contribution is 0.257. The van der Waals surface area contributed by atoms with Crippen LogP contribution in [0.15, 0.2) is 36.5 Å². The van der Waals surface area contributed by atoms with Crippen molar-refractivity contribution >= 4 is 22.9 Å². The monoisotopic (exact) mass is 295 g/mol. The van der Waals surface area contributed by atoms with Crippen molar-refractivity contribution in [2.24, 2.45) is 5.73 Å². The summed E-state index contributed by atoms with van der Waals surface area (Å²) in [4.78, 5) is 7.66. The first-order valence-corrected chi connectivity index (χ1v) is 7.54. The van der Waals surface area contributed by atoms with E-state index in [1.165, 1.54) is 10.4 Å². The molecule has 5 heteroatoms. The maximum Gasteiger partial charge on any atom is 0.183 e. The van der Waals surface area contributed by atoms with Crippen LogP contribution in [0.1, 0.15) is 16.9 Å². The molecule has 0 bridgehead atoms. The molecule has 1 aromatic heterocycles. The van der Waals surface area contributed by atoms with Crippen LogP contribution in [0.3, 0.4) is 0 Å². The highest BCUT2D eigenvalue weighted by molar-refractivity contribution is 7.15. The molecular weight excluding hydrogens is 278 g/mol. The molecule has 2 aromatic rings. The van der Waals surface area contributed by atoms with E-state index in [1.807, 2.05) is 12.3 Å². The van der Waals surface area contributed by atoms with E-state index < -0.39 is 0 Å². The number of hydrogen-bond acceptors (Lipinski definition) is 4. The quantitative estimate of drug-likeness (QED) is 0.853. The first kappa shape index (κ1) is 14.5. The molecule has 0 atom stereocenters. The molecule has 102 valence electrons. The Morgan fingerprint density at radius 3 is 2.63 bits per heavy atom. The van der Waals surface area contributed by atoms with Crippen molar-refractivity contribution in [2.45, 2.75) is 19.5 Å². The summed E-state index contributed by atoms with van der Waals surface area (Å²) >= 11 is 7.42. The number of nitrogens with two attached hydrogens (primary N) is 1. The van der Waals surface area contributed by atoms with Crippen molar-refractivity contribution in [3.8, 4) is 0 Å². The molecule has 2 rings (SSSR count). The van der Waals surface area contributed by atoms with Crippen molar-refractivity contribution in [1.29, 1.82) is 0 Å². The third-order valence-corrected chi connectivity index (χ3v) is 3.93. The second kappa shape index (κ2) is 7.60. The first-order chi connectivity index (χ1) is 9.28. The molecule has 19 heavy (non-hydrogen) atoms. The maximum absolute atomic E-state index is 5.88. The van der Waals surface area contributed by atoms with E-state index in [0.29, 0.717) is 4.47 Å². The van der Waals surface area contributed by atoms with Crippen molar-refractivity contribution in [3.63, 3.8) is 0 Å². The molecule has 0 radical (unpaired) electrons. The van der Waals surface area contributed by atoms with Crippen molar-refractivity contribution < 1.29 is 0 Å². The zero-order valence-corrected chi connectivity index (χ0v) is 12.3. The van der Waals surface area contributed by atoms with Crippen LogP contribution in [-0.4, -0.2) is 23.0 Å². The van der Waals surface area contributed by atoms with Crippen molar-refractivity contribution in [2.75, 3.05) is 13.1 Å². The molecule has 1 aromatic carbocycles. The van der Waals surface area contributed by atoms with Crippen molar-refractivity contribution in [3.05, 3.63) is 51.4 Å². The molecule has 1 heterocycles. The molecule has 0 unspecified atom stereocenters. The minimum atomic E-state index is 0.605. The summed E-state index contributed by atoms with van der Waals surface area (Å²) < 4.78 is 0.605. The molecule has 0 fully saturated rings. The predicted octanol–water partition coefficient (Wildman–Crippen LogP) is 3.15. The second-order valence-corrected chi connectivity index (χ2v) is 6.12. The van der Waals surface area contributed by atoms with E-state index in [-0.39, 0.29) is 0 Å². The van der Waals surface area contributed by atoms with E-state index >= 15 is 0 Å². The van der Waals surface area contributed by atoms with Gasteiger partial charge in [0.05, 0.1) is 0 Å². The molecule has 0 aliphatic carbocycles. The van der Waals surface area contributed by atoms with Gasteiger partial charge < -0.3 is 5.73 Å². The van der Waals surface area contributed by atoms with Gasteiger partial charge in [0, 0.05) is 30.7 Å². The Morgan fingerprint density at radius 1 is 1.21 bits per heavy atom. The van der Waals surface area contributed by atoms with Crippen LogP contribution in [0, 0.1) is 0 Å². The van der Waals surface area contributed by atoms with Gasteiger partial charge in [0.25, 0.3) is 0 Å². The third kappa shape index (κ3) is 4.91. The third-order valence-electron chi connectivity index (χ3n) is 2.83. The van der Waals surface area contributed by atoms with Gasteiger partial charge >= 0.3 is 0 Å². The van der Waals surface area contributed by atoms with Gasteiger partial charge in [0.15, 0.2) is 4.47 Å². The van der Waals surface area contributed by atoms with Crippen molar-refractivity contribution in [1.82, 2.24) is 9.88 Å². The molecule has 0 aliphatic heterocycles. The lowest BCUT2D eigenvalue weighted by Gasteiger charge is -2.21. The molecule has 0 saturated carbocycles. The second-order valence-electron chi connectivity index (χ2n) is 4.42. The molecule has 0 spiro atoms. The van der Waals surface area contributed by atoms with Crippen LogP contribution in [0.5, 0.6) is 0 Å². The van der Waals surface area contributed by atoms with Crippen LogP contribution in [0.25, 0.3) is 0 Å². The van der Waals surface area contributed by atoms with E-state index in [0.717, 1.165) is 32.6 Å². The average Bonchev–Trinajstić information content (AvgIpc) is 2.82. The Kier molecular flexibility index (Phi) is 5.79. The number of hydrogen-bond donors (Lipinski definition) is 1. The Hall–Kier alpha value is -0.940. The standard InChI is InChI=1S/C14H18ClN3S/c15-14-17-9-13(19-14)11-18(8-4-7-16)10-12-5-2-1-3-6-12/h1-3,5-6,9H,4,7-8,10-11,16H2. The summed E-state index contributed by atoms with van der Waals surface area (Å²) in [6.07, 6.45) is 2.85. The Labute approximate surface area is 123 Å². The van der Waals surface area contributed by atoms with Gasteiger partial charge in [-0.25, -0.2) is 4.98 Å². The topological polar surface area (TPSA) is 42.1 Å². The zero-order chi connectivity index (χ0) is 13.5. The molecule has 0 aliphatic rings. The lowest BCUT2D eigenvalue weighted by Crippen LogP contribution is -2.25. The molecule has 0 saturated heterocycles. The first-order valence-electron chi connectivity index (χ1n) is 6.34. The fourth-order valence-electron chi connectivity index (χ4n) is 1.95. The highest BCUT2D eigenvalue weighted by atomic mass is 35.5. The summed E-state index contributed by atoms with van der Waals surface area (Å²) in [5, 5.41) is 0. The van der Waals surface area contributed by atoms with E-state index in [2.05, 4.69) is 34.1 Å². The fraction of sp³-hybridized carbons (Fsp3) is 0.357. The van der Waals surface area contributed by atoms with Crippen LogP contribution in [0.4, 0.5) is 0 Å². The van der Waals surface area contributed by atoms with Gasteiger partial charge in [0.1, 0.15) is 0 Å². The number of halogens is 1. The smallest absolute Gasteiger partial charge is 0.183 e. The number of thiazole rings is 1. The molecular formula is C14H18ClN3S. The number of aromatic nitrogens is 1. The summed E-state index contributed by atoms with van der Waals surface area (Å²) in [5.74, 6) is 0. The van der Waals surface area contributed by atoms with E-state index in [1.54, 1.807) is 11.3 Å². The van der Waals surface area contributed by atoms with Crippen LogP contribution < -0.4 is 5.73 Å². The Balaban J connectivity index is 1.99. The highest BCUT2D eigenvalue weighted by Crippen LogP contribution is 2.20. The fourth-order valence-corrected chi connectivity index (χ4v) is 2.97. The summed E-state index contributed by atoms with van der Waals surface area (Å²) in [6.45, 7) is 3.51. The van der Waals surface area contributed by atoms with Crippen LogP contribution in [-0.2, 0) is 13.1 Å². The van der Waals surface area contributed by atoms with Gasteiger partial charge in [0.2, 0.25) is 0 Å². The minimum Gasteiger partial charge on any atom is -0.330 e. The zero-order valence-electron chi connectivity index (χ0n) is 10.8. The lowest BCUT2D eigenvalue weighted by atomic mass is 10.2. The summed E-state index contributed by atoms with van der Waals surface area (Å²) in [6, 6.07) is 10.5. The van der Waals surface area contributed by atoms with Gasteiger partial charge in [-0.2, -0.15) is 0 Å². The number of rotatable bonds is 7. The molecule has 2 N–H and O–H groups in total. The van der Waals surface area contributed by atoms with Gasteiger partial charge in [-0.05, 0) is 18.5 Å². The van der Waals surface area contributed by atoms with E-state index in [4.69, 9.17) is 17.3 Å². The van der Waals surface area contributed by atoms with Gasteiger partial charge in [-0.1, -0.05) is 41.9 Å². The largest absolute Gasteiger partial charge is 0.330 e. The van der Waals surface area contributed by atoms with E-state index in [9.17, 15) is 0 Å². The Bertz CT molecular complexity index is 486. The molecule has 3 nitrogen and oxygen atoms in total. The maximum atomic E-state index is 5.88. The molecule has 0 amide bonds. The predicted molar refractivity (Wildman–Crippen MR) is 81.4 cm³/mol. The minimum absolute atomic E-state index is 0.605. The summed E-state index contributed by atoms with van der Waals surface area (Å²) in [7, 11) is 0. The van der Waals surface area contributed by atoms with Gasteiger partial charge in [-0.3, -0.25) is 4.90 Å².